The van der Waals surface area contributed by atoms with Gasteiger partial charge in [0.1, 0.15) is 5.75 Å². The molecule has 0 saturated carbocycles. The van der Waals surface area contributed by atoms with Crippen molar-refractivity contribution >= 4 is 11.6 Å². The molecule has 156 valence electrons. The molecule has 0 bridgehead atoms. The zero-order valence-electron chi connectivity index (χ0n) is 17.3. The first-order valence-corrected chi connectivity index (χ1v) is 9.72. The number of nitrogens with one attached hydrogen (secondary N) is 1. The fourth-order valence-electron chi connectivity index (χ4n) is 3.49. The second-order valence-corrected chi connectivity index (χ2v) is 6.89. The van der Waals surface area contributed by atoms with E-state index in [9.17, 15) is 4.79 Å². The fraction of sp³-hybridized carbons (Fsp3) is 0.409. The zero-order valence-corrected chi connectivity index (χ0v) is 17.3. The second-order valence-electron chi connectivity index (χ2n) is 6.89. The second kappa shape index (κ2) is 10.0. The smallest absolute Gasteiger partial charge is 0.234 e. The first-order chi connectivity index (χ1) is 14.1. The third-order valence-corrected chi connectivity index (χ3v) is 5.12. The van der Waals surface area contributed by atoms with Gasteiger partial charge in [0.25, 0.3) is 0 Å². The van der Waals surface area contributed by atoms with Crippen molar-refractivity contribution in [3.05, 3.63) is 48.0 Å². The number of methoxy groups -OCH3 is 3. The summed E-state index contributed by atoms with van der Waals surface area (Å²) in [6.45, 7) is 4.32. The zero-order chi connectivity index (χ0) is 20.6. The van der Waals surface area contributed by atoms with E-state index in [1.807, 2.05) is 12.1 Å². The van der Waals surface area contributed by atoms with Crippen LogP contribution in [0.5, 0.6) is 17.2 Å². The molecule has 0 unspecified atom stereocenters. The van der Waals surface area contributed by atoms with Crippen molar-refractivity contribution in [3.8, 4) is 17.2 Å². The van der Waals surface area contributed by atoms with Crippen LogP contribution < -0.4 is 24.4 Å². The SMILES string of the molecule is COc1cc(OC)c(OC)cc1CNC(=O)CN1CCN(c2ccccc2)CC1. The molecule has 0 radical (unpaired) electrons. The number of hydrogen-bond acceptors (Lipinski definition) is 6. The highest BCUT2D eigenvalue weighted by atomic mass is 16.5. The lowest BCUT2D eigenvalue weighted by molar-refractivity contribution is -0.122. The van der Waals surface area contributed by atoms with Crippen LogP contribution >= 0.6 is 0 Å². The number of piperazine rings is 1. The summed E-state index contributed by atoms with van der Waals surface area (Å²) in [6, 6.07) is 14.0. The van der Waals surface area contributed by atoms with Gasteiger partial charge in [-0.05, 0) is 18.2 Å². The Balaban J connectivity index is 1.50. The summed E-state index contributed by atoms with van der Waals surface area (Å²) in [6.07, 6.45) is 0. The Hall–Kier alpha value is -2.93. The van der Waals surface area contributed by atoms with Crippen LogP contribution in [0.25, 0.3) is 0 Å². The van der Waals surface area contributed by atoms with Crippen LogP contribution in [-0.2, 0) is 11.3 Å². The molecule has 7 nitrogen and oxygen atoms in total. The molecule has 1 fully saturated rings. The molecule has 1 amide bonds. The molecule has 1 heterocycles. The topological polar surface area (TPSA) is 63.3 Å². The monoisotopic (exact) mass is 399 g/mol. The standard InChI is InChI=1S/C22H29N3O4/c1-27-19-14-21(29-3)20(28-2)13-17(19)15-23-22(26)16-24-9-11-25(12-10-24)18-7-5-4-6-8-18/h4-8,13-14H,9-12,15-16H2,1-3H3,(H,23,26). The van der Waals surface area contributed by atoms with Gasteiger partial charge in [-0.15, -0.1) is 0 Å². The molecule has 1 aliphatic rings. The number of hydrogen-bond donors (Lipinski definition) is 1. The van der Waals surface area contributed by atoms with E-state index in [2.05, 4.69) is 39.4 Å². The van der Waals surface area contributed by atoms with Gasteiger partial charge in [0.05, 0.1) is 27.9 Å². The number of ether oxygens (including phenoxy) is 3. The first-order valence-electron chi connectivity index (χ1n) is 9.72. The number of para-hydroxylation sites is 1. The fourth-order valence-corrected chi connectivity index (χ4v) is 3.49. The number of benzene rings is 2. The molecule has 1 saturated heterocycles. The lowest BCUT2D eigenvalue weighted by atomic mass is 10.1. The molecule has 0 aliphatic carbocycles. The van der Waals surface area contributed by atoms with E-state index in [4.69, 9.17) is 14.2 Å². The molecule has 1 N–H and O–H groups in total. The number of anilines is 1. The average Bonchev–Trinajstić information content (AvgIpc) is 2.78. The van der Waals surface area contributed by atoms with Crippen LogP contribution in [0.15, 0.2) is 42.5 Å². The van der Waals surface area contributed by atoms with Gasteiger partial charge in [0, 0.05) is 50.0 Å². The van der Waals surface area contributed by atoms with Crippen LogP contribution in [0.2, 0.25) is 0 Å². The maximum Gasteiger partial charge on any atom is 0.234 e. The molecule has 0 spiro atoms. The van der Waals surface area contributed by atoms with Crippen LogP contribution in [0.1, 0.15) is 5.56 Å². The molecule has 3 rings (SSSR count). The van der Waals surface area contributed by atoms with Gasteiger partial charge >= 0.3 is 0 Å². The molecule has 1 aliphatic heterocycles. The number of carbonyl (C=O) groups excluding carboxylic acids is 1. The number of carbonyl (C=O) groups is 1. The Morgan fingerprint density at radius 1 is 0.897 bits per heavy atom. The number of rotatable bonds is 8. The van der Waals surface area contributed by atoms with Gasteiger partial charge in [-0.2, -0.15) is 0 Å². The van der Waals surface area contributed by atoms with Gasteiger partial charge in [-0.25, -0.2) is 0 Å². The molecule has 0 aromatic heterocycles. The Bertz CT molecular complexity index is 805. The van der Waals surface area contributed by atoms with E-state index in [-0.39, 0.29) is 5.91 Å². The predicted molar refractivity (Wildman–Crippen MR) is 113 cm³/mol. The van der Waals surface area contributed by atoms with Crippen molar-refractivity contribution < 1.29 is 19.0 Å². The summed E-state index contributed by atoms with van der Waals surface area (Å²) in [5, 5.41) is 2.98. The molecule has 0 atom stereocenters. The third kappa shape index (κ3) is 5.32. The molecule has 7 heteroatoms. The lowest BCUT2D eigenvalue weighted by Crippen LogP contribution is -2.49. The summed E-state index contributed by atoms with van der Waals surface area (Å²) in [4.78, 5) is 17.0. The first kappa shape index (κ1) is 20.8. The maximum atomic E-state index is 12.5. The van der Waals surface area contributed by atoms with Gasteiger partial charge in [-0.1, -0.05) is 18.2 Å². The highest BCUT2D eigenvalue weighted by Crippen LogP contribution is 2.34. The minimum atomic E-state index is -0.00463. The molecular weight excluding hydrogens is 370 g/mol. The molecule has 2 aromatic rings. The van der Waals surface area contributed by atoms with Crippen molar-refractivity contribution in [3.63, 3.8) is 0 Å². The van der Waals surface area contributed by atoms with E-state index in [0.717, 1.165) is 31.7 Å². The largest absolute Gasteiger partial charge is 0.496 e. The molecule has 2 aromatic carbocycles. The lowest BCUT2D eigenvalue weighted by Gasteiger charge is -2.35. The van der Waals surface area contributed by atoms with Crippen molar-refractivity contribution in [1.82, 2.24) is 10.2 Å². The van der Waals surface area contributed by atoms with Crippen LogP contribution in [0.3, 0.4) is 0 Å². The van der Waals surface area contributed by atoms with Crippen molar-refractivity contribution in [1.29, 1.82) is 0 Å². The van der Waals surface area contributed by atoms with E-state index in [1.165, 1.54) is 5.69 Å². The Kier molecular flexibility index (Phi) is 7.19. The van der Waals surface area contributed by atoms with Gasteiger partial charge < -0.3 is 24.4 Å². The predicted octanol–water partition coefficient (Wildman–Crippen LogP) is 2.15. The normalized spacial score (nSPS) is 14.4. The maximum absolute atomic E-state index is 12.5. The van der Waals surface area contributed by atoms with Crippen LogP contribution in [0.4, 0.5) is 5.69 Å². The summed E-state index contributed by atoms with van der Waals surface area (Å²) >= 11 is 0. The van der Waals surface area contributed by atoms with E-state index < -0.39 is 0 Å². The Morgan fingerprint density at radius 3 is 2.14 bits per heavy atom. The third-order valence-electron chi connectivity index (χ3n) is 5.12. The quantitative estimate of drug-likeness (QED) is 0.734. The van der Waals surface area contributed by atoms with Crippen molar-refractivity contribution in [2.75, 3.05) is 59.0 Å². The minimum Gasteiger partial charge on any atom is -0.496 e. The summed E-state index contributed by atoms with van der Waals surface area (Å²) in [5.74, 6) is 1.85. The van der Waals surface area contributed by atoms with Crippen molar-refractivity contribution in [2.24, 2.45) is 0 Å². The number of nitrogens with zero attached hydrogens (tertiary/aromatic N) is 2. The highest BCUT2D eigenvalue weighted by molar-refractivity contribution is 5.78. The van der Waals surface area contributed by atoms with Crippen molar-refractivity contribution in [2.45, 2.75) is 6.54 Å². The van der Waals surface area contributed by atoms with E-state index in [1.54, 1.807) is 27.4 Å². The summed E-state index contributed by atoms with van der Waals surface area (Å²) < 4.78 is 16.1. The van der Waals surface area contributed by atoms with Crippen LogP contribution in [0, 0.1) is 0 Å². The molecular formula is C22H29N3O4. The summed E-state index contributed by atoms with van der Waals surface area (Å²) in [7, 11) is 4.76. The van der Waals surface area contributed by atoms with E-state index >= 15 is 0 Å². The van der Waals surface area contributed by atoms with Gasteiger partial charge in [0.2, 0.25) is 5.91 Å². The van der Waals surface area contributed by atoms with Gasteiger partial charge in [-0.3, -0.25) is 9.69 Å². The average molecular weight is 399 g/mol. The summed E-state index contributed by atoms with van der Waals surface area (Å²) in [5.41, 5.74) is 2.07. The van der Waals surface area contributed by atoms with Crippen LogP contribution in [-0.4, -0.2) is 64.9 Å². The minimum absolute atomic E-state index is 0.00463. The number of amides is 1. The van der Waals surface area contributed by atoms with E-state index in [0.29, 0.717) is 30.3 Å². The Morgan fingerprint density at radius 2 is 1.52 bits per heavy atom. The highest BCUT2D eigenvalue weighted by Gasteiger charge is 2.19. The Labute approximate surface area is 172 Å². The molecule has 29 heavy (non-hydrogen) atoms. The van der Waals surface area contributed by atoms with Gasteiger partial charge in [0.15, 0.2) is 11.5 Å².